The SMILES string of the molecule is CC1CCN(C(=O)C(C)S(C)(=O)=O)c2ccccc2S1. The Morgan fingerprint density at radius 2 is 2.05 bits per heavy atom. The Morgan fingerprint density at radius 1 is 1.40 bits per heavy atom. The van der Waals surface area contributed by atoms with Crippen molar-refractivity contribution in [2.24, 2.45) is 0 Å². The van der Waals surface area contributed by atoms with Gasteiger partial charge in [0.15, 0.2) is 9.84 Å². The molecular formula is C14H19NO3S2. The molecule has 1 aliphatic rings. The van der Waals surface area contributed by atoms with Crippen LogP contribution in [0.5, 0.6) is 0 Å². The second-order valence-electron chi connectivity index (χ2n) is 5.15. The fourth-order valence-electron chi connectivity index (χ4n) is 2.12. The lowest BCUT2D eigenvalue weighted by Gasteiger charge is -2.25. The Balaban J connectivity index is 2.39. The highest BCUT2D eigenvalue weighted by molar-refractivity contribution is 8.00. The van der Waals surface area contributed by atoms with E-state index >= 15 is 0 Å². The van der Waals surface area contributed by atoms with Gasteiger partial charge in [0.1, 0.15) is 5.25 Å². The Labute approximate surface area is 124 Å². The predicted molar refractivity (Wildman–Crippen MR) is 83.0 cm³/mol. The molecule has 0 saturated heterocycles. The zero-order valence-corrected chi connectivity index (χ0v) is 13.5. The summed E-state index contributed by atoms with van der Waals surface area (Å²) in [4.78, 5) is 15.2. The molecule has 0 radical (unpaired) electrons. The summed E-state index contributed by atoms with van der Waals surface area (Å²) in [7, 11) is -3.38. The van der Waals surface area contributed by atoms with Crippen LogP contribution >= 0.6 is 11.8 Å². The van der Waals surface area contributed by atoms with Gasteiger partial charge in [-0.2, -0.15) is 0 Å². The van der Waals surface area contributed by atoms with Crippen molar-refractivity contribution in [2.45, 2.75) is 35.7 Å². The van der Waals surface area contributed by atoms with E-state index in [0.29, 0.717) is 11.8 Å². The van der Waals surface area contributed by atoms with Crippen molar-refractivity contribution in [1.29, 1.82) is 0 Å². The molecule has 1 heterocycles. The third-order valence-electron chi connectivity index (χ3n) is 3.50. The molecule has 2 rings (SSSR count). The molecule has 6 heteroatoms. The maximum atomic E-state index is 12.5. The fourth-order valence-corrected chi connectivity index (χ4v) is 3.72. The number of rotatable bonds is 2. The molecule has 2 atom stereocenters. The zero-order chi connectivity index (χ0) is 14.9. The van der Waals surface area contributed by atoms with E-state index in [0.717, 1.165) is 23.3 Å². The van der Waals surface area contributed by atoms with E-state index in [1.807, 2.05) is 24.3 Å². The fraction of sp³-hybridized carbons (Fsp3) is 0.500. The van der Waals surface area contributed by atoms with Gasteiger partial charge in [0.05, 0.1) is 5.69 Å². The van der Waals surface area contributed by atoms with Crippen LogP contribution in [0.25, 0.3) is 0 Å². The number of para-hydroxylation sites is 1. The van der Waals surface area contributed by atoms with Crippen LogP contribution in [-0.4, -0.2) is 37.6 Å². The van der Waals surface area contributed by atoms with Crippen molar-refractivity contribution in [3.05, 3.63) is 24.3 Å². The van der Waals surface area contributed by atoms with Crippen molar-refractivity contribution < 1.29 is 13.2 Å². The van der Waals surface area contributed by atoms with Gasteiger partial charge in [-0.05, 0) is 25.5 Å². The quantitative estimate of drug-likeness (QED) is 0.841. The van der Waals surface area contributed by atoms with Crippen LogP contribution in [0.2, 0.25) is 0 Å². The number of carbonyl (C=O) groups is 1. The lowest BCUT2D eigenvalue weighted by molar-refractivity contribution is -0.118. The number of nitrogens with zero attached hydrogens (tertiary/aromatic N) is 1. The summed E-state index contributed by atoms with van der Waals surface area (Å²) in [5.41, 5.74) is 0.822. The lowest BCUT2D eigenvalue weighted by atomic mass is 10.2. The first-order valence-corrected chi connectivity index (χ1v) is 9.40. The van der Waals surface area contributed by atoms with Crippen molar-refractivity contribution in [3.63, 3.8) is 0 Å². The molecule has 0 saturated carbocycles. The summed E-state index contributed by atoms with van der Waals surface area (Å²) in [5.74, 6) is -0.338. The maximum Gasteiger partial charge on any atom is 0.245 e. The number of benzene rings is 1. The Hall–Kier alpha value is -1.01. The van der Waals surface area contributed by atoms with Crippen LogP contribution < -0.4 is 4.90 Å². The largest absolute Gasteiger partial charge is 0.310 e. The topological polar surface area (TPSA) is 54.5 Å². The van der Waals surface area contributed by atoms with Gasteiger partial charge in [0.2, 0.25) is 5.91 Å². The summed E-state index contributed by atoms with van der Waals surface area (Å²) >= 11 is 1.73. The molecule has 1 aliphatic heterocycles. The minimum absolute atomic E-state index is 0.338. The highest BCUT2D eigenvalue weighted by Gasteiger charge is 2.31. The summed E-state index contributed by atoms with van der Waals surface area (Å²) in [5, 5.41) is -0.601. The molecule has 1 aromatic rings. The van der Waals surface area contributed by atoms with E-state index in [4.69, 9.17) is 0 Å². The van der Waals surface area contributed by atoms with Gasteiger partial charge >= 0.3 is 0 Å². The number of carbonyl (C=O) groups excluding carboxylic acids is 1. The third-order valence-corrected chi connectivity index (χ3v) is 6.22. The molecule has 1 aromatic carbocycles. The van der Waals surface area contributed by atoms with E-state index in [9.17, 15) is 13.2 Å². The van der Waals surface area contributed by atoms with Crippen LogP contribution in [0, 0.1) is 0 Å². The number of hydrogen-bond acceptors (Lipinski definition) is 4. The van der Waals surface area contributed by atoms with Crippen LogP contribution in [0.1, 0.15) is 20.3 Å². The number of fused-ring (bicyclic) bond motifs is 1. The average Bonchev–Trinajstić information content (AvgIpc) is 2.54. The van der Waals surface area contributed by atoms with E-state index in [1.165, 1.54) is 6.92 Å². The van der Waals surface area contributed by atoms with Gasteiger partial charge < -0.3 is 4.90 Å². The van der Waals surface area contributed by atoms with Gasteiger partial charge in [0, 0.05) is 22.9 Å². The van der Waals surface area contributed by atoms with Crippen molar-refractivity contribution in [2.75, 3.05) is 17.7 Å². The number of amides is 1. The van der Waals surface area contributed by atoms with Crippen molar-refractivity contribution >= 4 is 33.2 Å². The Bertz CT molecular complexity index is 613. The Morgan fingerprint density at radius 3 is 2.70 bits per heavy atom. The smallest absolute Gasteiger partial charge is 0.245 e. The number of hydrogen-bond donors (Lipinski definition) is 0. The maximum absolute atomic E-state index is 12.5. The molecule has 1 amide bonds. The molecule has 110 valence electrons. The van der Waals surface area contributed by atoms with Crippen LogP contribution in [0.15, 0.2) is 29.2 Å². The standard InChI is InChI=1S/C14H19NO3S2/c1-10-8-9-15(14(16)11(2)20(3,17)18)12-6-4-5-7-13(12)19-10/h4-7,10-11H,8-9H2,1-3H3. The summed E-state index contributed by atoms with van der Waals surface area (Å²) in [6.45, 7) is 4.14. The monoisotopic (exact) mass is 313 g/mol. The Kier molecular flexibility index (Phi) is 4.44. The molecule has 0 N–H and O–H groups in total. The minimum Gasteiger partial charge on any atom is -0.310 e. The average molecular weight is 313 g/mol. The minimum atomic E-state index is -3.38. The predicted octanol–water partition coefficient (Wildman–Crippen LogP) is 2.34. The van der Waals surface area contributed by atoms with Gasteiger partial charge in [-0.1, -0.05) is 19.1 Å². The third kappa shape index (κ3) is 3.17. The highest BCUT2D eigenvalue weighted by atomic mass is 32.2. The molecule has 2 unspecified atom stereocenters. The van der Waals surface area contributed by atoms with E-state index < -0.39 is 15.1 Å². The van der Waals surface area contributed by atoms with E-state index in [1.54, 1.807) is 16.7 Å². The number of sulfone groups is 1. The van der Waals surface area contributed by atoms with Crippen LogP contribution in [0.4, 0.5) is 5.69 Å². The second-order valence-corrected chi connectivity index (χ2v) is 8.99. The van der Waals surface area contributed by atoms with Gasteiger partial charge in [-0.3, -0.25) is 4.79 Å². The number of thioether (sulfide) groups is 1. The van der Waals surface area contributed by atoms with Gasteiger partial charge in [-0.25, -0.2) is 8.42 Å². The van der Waals surface area contributed by atoms with E-state index in [-0.39, 0.29) is 5.91 Å². The summed E-state index contributed by atoms with van der Waals surface area (Å²) in [6.07, 6.45) is 1.96. The molecule has 0 bridgehead atoms. The van der Waals surface area contributed by atoms with Crippen LogP contribution in [0.3, 0.4) is 0 Å². The zero-order valence-electron chi connectivity index (χ0n) is 11.9. The molecule has 0 aliphatic carbocycles. The van der Waals surface area contributed by atoms with Gasteiger partial charge in [0.25, 0.3) is 0 Å². The molecule has 0 aromatic heterocycles. The first-order chi connectivity index (χ1) is 9.30. The van der Waals surface area contributed by atoms with Gasteiger partial charge in [-0.15, -0.1) is 11.8 Å². The molecule has 4 nitrogen and oxygen atoms in total. The molecular weight excluding hydrogens is 294 g/mol. The first-order valence-electron chi connectivity index (χ1n) is 6.56. The molecule has 0 fully saturated rings. The second kappa shape index (κ2) is 5.77. The molecule has 20 heavy (non-hydrogen) atoms. The van der Waals surface area contributed by atoms with Crippen molar-refractivity contribution in [1.82, 2.24) is 0 Å². The normalized spacial score (nSPS) is 20.9. The molecule has 0 spiro atoms. The highest BCUT2D eigenvalue weighted by Crippen LogP contribution is 2.37. The van der Waals surface area contributed by atoms with E-state index in [2.05, 4.69) is 6.92 Å². The summed E-state index contributed by atoms with van der Waals surface area (Å²) in [6, 6.07) is 7.67. The number of anilines is 1. The lowest BCUT2D eigenvalue weighted by Crippen LogP contribution is -2.42. The van der Waals surface area contributed by atoms with Crippen molar-refractivity contribution in [3.8, 4) is 0 Å². The summed E-state index contributed by atoms with van der Waals surface area (Å²) < 4.78 is 23.2. The van der Waals surface area contributed by atoms with Crippen LogP contribution in [-0.2, 0) is 14.6 Å². The first kappa shape index (κ1) is 15.4.